The van der Waals surface area contributed by atoms with Gasteiger partial charge in [0.15, 0.2) is 11.5 Å². The summed E-state index contributed by atoms with van der Waals surface area (Å²) in [7, 11) is -1.36. The number of aryl methyl sites for hydroxylation is 1. The second kappa shape index (κ2) is 14.7. The lowest BCUT2D eigenvalue weighted by atomic mass is 10.1. The van der Waals surface area contributed by atoms with Gasteiger partial charge < -0.3 is 19.7 Å². The molecule has 226 valence electrons. The molecule has 0 aliphatic heterocycles. The van der Waals surface area contributed by atoms with Gasteiger partial charge in [-0.15, -0.1) is 0 Å². The molecule has 0 saturated carbocycles. The molecule has 0 heterocycles. The molecule has 0 fully saturated rings. The summed E-state index contributed by atoms with van der Waals surface area (Å²) in [6.45, 7) is 5.32. The van der Waals surface area contributed by atoms with Gasteiger partial charge in [0.05, 0.1) is 24.8 Å². The van der Waals surface area contributed by atoms with Crippen LogP contribution in [-0.4, -0.2) is 58.5 Å². The number of ether oxygens (including phenoxy) is 2. The third-order valence-electron chi connectivity index (χ3n) is 6.74. The van der Waals surface area contributed by atoms with Gasteiger partial charge in [-0.05, 0) is 61.7 Å². The zero-order chi connectivity index (χ0) is 30.9. The van der Waals surface area contributed by atoms with Crippen molar-refractivity contribution in [2.24, 2.45) is 0 Å². The van der Waals surface area contributed by atoms with Gasteiger partial charge in [-0.1, -0.05) is 43.7 Å². The van der Waals surface area contributed by atoms with Crippen LogP contribution in [0.15, 0.2) is 71.6 Å². The van der Waals surface area contributed by atoms with E-state index < -0.39 is 34.3 Å². The maximum absolute atomic E-state index is 14.1. The molecule has 42 heavy (non-hydrogen) atoms. The summed E-state index contributed by atoms with van der Waals surface area (Å²) in [5, 5.41) is 2.83. The topological polar surface area (TPSA) is 105 Å². The summed E-state index contributed by atoms with van der Waals surface area (Å²) in [4.78, 5) is 28.6. The predicted molar refractivity (Wildman–Crippen MR) is 160 cm³/mol. The highest BCUT2D eigenvalue weighted by molar-refractivity contribution is 7.92. The molecule has 3 rings (SSSR count). The molecule has 3 aromatic carbocycles. The molecular formula is C31H38FN3O6S. The summed E-state index contributed by atoms with van der Waals surface area (Å²) in [5.41, 5.74) is 1.63. The summed E-state index contributed by atoms with van der Waals surface area (Å²) >= 11 is 0. The summed E-state index contributed by atoms with van der Waals surface area (Å²) in [6, 6.07) is 15.6. The van der Waals surface area contributed by atoms with E-state index in [0.29, 0.717) is 24.3 Å². The number of rotatable bonds is 14. The van der Waals surface area contributed by atoms with Gasteiger partial charge in [-0.2, -0.15) is 0 Å². The number of carbonyl (C=O) groups is 2. The highest BCUT2D eigenvalue weighted by Crippen LogP contribution is 2.34. The highest BCUT2D eigenvalue weighted by Gasteiger charge is 2.34. The Hall–Kier alpha value is -4.12. The molecule has 0 aliphatic carbocycles. The zero-order valence-corrected chi connectivity index (χ0v) is 25.4. The fraction of sp³-hybridized carbons (Fsp3) is 0.355. The number of amides is 2. The number of methoxy groups -OCH3 is 2. The molecular weight excluding hydrogens is 561 g/mol. The Balaban J connectivity index is 2.10. The van der Waals surface area contributed by atoms with Gasteiger partial charge >= 0.3 is 0 Å². The Bertz CT molecular complexity index is 1460. The van der Waals surface area contributed by atoms with Gasteiger partial charge in [0.1, 0.15) is 18.4 Å². The molecule has 0 radical (unpaired) electrons. The SMILES string of the molecule is CCCNC(=O)C(CC)N(Cc1ccc(F)cc1)C(=O)CN(c1ccc(OC)c(OC)c1)S(=O)(=O)c1ccc(C)cc1. The van der Waals surface area contributed by atoms with Crippen molar-refractivity contribution in [3.63, 3.8) is 0 Å². The number of sulfonamides is 1. The van der Waals surface area contributed by atoms with Crippen LogP contribution < -0.4 is 19.1 Å². The first-order valence-corrected chi connectivity index (χ1v) is 15.1. The van der Waals surface area contributed by atoms with Crippen molar-refractivity contribution < 1.29 is 31.9 Å². The lowest BCUT2D eigenvalue weighted by Gasteiger charge is -2.33. The minimum Gasteiger partial charge on any atom is -0.493 e. The van der Waals surface area contributed by atoms with Crippen LogP contribution in [-0.2, 0) is 26.2 Å². The Morgan fingerprint density at radius 3 is 2.14 bits per heavy atom. The standard InChI is InChI=1S/C31H38FN3O6S/c1-6-18-33-31(37)27(7-2)34(20-23-10-12-24(32)13-11-23)30(36)21-35(25-14-17-28(40-4)29(19-25)41-5)42(38,39)26-15-8-22(3)9-16-26/h8-17,19,27H,6-7,18,20-21H2,1-5H3,(H,33,37). The zero-order valence-electron chi connectivity index (χ0n) is 24.6. The van der Waals surface area contributed by atoms with Crippen molar-refractivity contribution >= 4 is 27.5 Å². The Morgan fingerprint density at radius 2 is 1.57 bits per heavy atom. The van der Waals surface area contributed by atoms with Crippen molar-refractivity contribution in [2.75, 3.05) is 31.6 Å². The van der Waals surface area contributed by atoms with E-state index in [4.69, 9.17) is 9.47 Å². The van der Waals surface area contributed by atoms with Crippen LogP contribution in [0.5, 0.6) is 11.5 Å². The van der Waals surface area contributed by atoms with E-state index in [-0.39, 0.29) is 35.2 Å². The quantitative estimate of drug-likeness (QED) is 0.289. The van der Waals surface area contributed by atoms with Gasteiger partial charge in [-0.25, -0.2) is 12.8 Å². The molecule has 0 spiro atoms. The third-order valence-corrected chi connectivity index (χ3v) is 8.53. The van der Waals surface area contributed by atoms with E-state index in [2.05, 4.69) is 5.32 Å². The number of carbonyl (C=O) groups excluding carboxylic acids is 2. The van der Waals surface area contributed by atoms with Crippen LogP contribution in [0.4, 0.5) is 10.1 Å². The molecule has 0 saturated heterocycles. The first-order valence-electron chi connectivity index (χ1n) is 13.7. The summed E-state index contributed by atoms with van der Waals surface area (Å²) < 4.78 is 53.4. The minimum atomic E-state index is -4.25. The molecule has 1 N–H and O–H groups in total. The van der Waals surface area contributed by atoms with E-state index in [9.17, 15) is 22.4 Å². The monoisotopic (exact) mass is 599 g/mol. The lowest BCUT2D eigenvalue weighted by Crippen LogP contribution is -2.52. The van der Waals surface area contributed by atoms with Crippen LogP contribution in [0.2, 0.25) is 0 Å². The maximum Gasteiger partial charge on any atom is 0.264 e. The van der Waals surface area contributed by atoms with Crippen molar-refractivity contribution in [1.82, 2.24) is 10.2 Å². The van der Waals surface area contributed by atoms with Crippen LogP contribution in [0.3, 0.4) is 0 Å². The Morgan fingerprint density at radius 1 is 0.929 bits per heavy atom. The normalized spacial score (nSPS) is 11.9. The van der Waals surface area contributed by atoms with Crippen molar-refractivity contribution in [2.45, 2.75) is 51.1 Å². The Kier molecular flexibility index (Phi) is 11.3. The number of hydrogen-bond donors (Lipinski definition) is 1. The first-order chi connectivity index (χ1) is 20.0. The average molecular weight is 600 g/mol. The molecule has 0 aliphatic rings. The number of nitrogens with zero attached hydrogens (tertiary/aromatic N) is 2. The van der Waals surface area contributed by atoms with Crippen LogP contribution in [0, 0.1) is 12.7 Å². The molecule has 0 bridgehead atoms. The van der Waals surface area contributed by atoms with Crippen molar-refractivity contribution in [3.05, 3.63) is 83.7 Å². The first kappa shape index (κ1) is 32.4. The average Bonchev–Trinajstić information content (AvgIpc) is 2.99. The maximum atomic E-state index is 14.1. The largest absolute Gasteiger partial charge is 0.493 e. The number of benzene rings is 3. The van der Waals surface area contributed by atoms with Crippen molar-refractivity contribution in [1.29, 1.82) is 0 Å². The number of anilines is 1. The van der Waals surface area contributed by atoms with E-state index in [0.717, 1.165) is 9.87 Å². The number of nitrogens with one attached hydrogen (secondary N) is 1. The van der Waals surface area contributed by atoms with E-state index in [1.165, 1.54) is 67.7 Å². The lowest BCUT2D eigenvalue weighted by molar-refractivity contribution is -0.140. The molecule has 1 unspecified atom stereocenters. The molecule has 3 aromatic rings. The second-order valence-electron chi connectivity index (χ2n) is 9.73. The highest BCUT2D eigenvalue weighted by atomic mass is 32.2. The second-order valence-corrected chi connectivity index (χ2v) is 11.6. The van der Waals surface area contributed by atoms with E-state index >= 15 is 0 Å². The number of halogens is 1. The smallest absolute Gasteiger partial charge is 0.264 e. The van der Waals surface area contributed by atoms with Gasteiger partial charge in [0, 0.05) is 19.2 Å². The molecule has 0 aromatic heterocycles. The number of hydrogen-bond acceptors (Lipinski definition) is 6. The van der Waals surface area contributed by atoms with Gasteiger partial charge in [-0.3, -0.25) is 13.9 Å². The van der Waals surface area contributed by atoms with Crippen LogP contribution in [0.1, 0.15) is 37.8 Å². The summed E-state index contributed by atoms with van der Waals surface area (Å²) in [5.74, 6) is -0.734. The van der Waals surface area contributed by atoms with E-state index in [1.54, 1.807) is 25.1 Å². The fourth-order valence-electron chi connectivity index (χ4n) is 4.42. The van der Waals surface area contributed by atoms with Crippen LogP contribution in [0.25, 0.3) is 0 Å². The summed E-state index contributed by atoms with van der Waals surface area (Å²) in [6.07, 6.45) is 0.986. The van der Waals surface area contributed by atoms with E-state index in [1.807, 2.05) is 13.8 Å². The minimum absolute atomic E-state index is 0.00602. The van der Waals surface area contributed by atoms with Crippen molar-refractivity contribution in [3.8, 4) is 11.5 Å². The third kappa shape index (κ3) is 7.79. The fourth-order valence-corrected chi connectivity index (χ4v) is 5.82. The van der Waals surface area contributed by atoms with Gasteiger partial charge in [0.2, 0.25) is 11.8 Å². The predicted octanol–water partition coefficient (Wildman–Crippen LogP) is 4.68. The molecule has 11 heteroatoms. The van der Waals surface area contributed by atoms with Crippen LogP contribution >= 0.6 is 0 Å². The Labute approximate surface area is 247 Å². The van der Waals surface area contributed by atoms with Gasteiger partial charge in [0.25, 0.3) is 10.0 Å². The molecule has 2 amide bonds. The molecule has 1 atom stereocenters. The molecule has 9 nitrogen and oxygen atoms in total.